The van der Waals surface area contributed by atoms with E-state index in [2.05, 4.69) is 183 Å². The number of nitrogens with one attached hydrogen (secondary N) is 6. The summed E-state index contributed by atoms with van der Waals surface area (Å²) in [4.78, 5) is 11.5. The largest absolute Gasteiger partial charge is 0.430 e. The number of carbonyl (C=O) groups excluding carboxylic acids is 1. The van der Waals surface area contributed by atoms with Gasteiger partial charge in [0.2, 0.25) is 0 Å². The molecule has 0 amide bonds. The molecule has 0 spiro atoms. The number of allylic oxidation sites excluding steroid dienone is 4. The maximum Gasteiger partial charge on any atom is 0.315 e. The van der Waals surface area contributed by atoms with Crippen molar-refractivity contribution < 1.29 is 9.53 Å². The van der Waals surface area contributed by atoms with E-state index in [1.165, 1.54) is 17.8 Å². The van der Waals surface area contributed by atoms with Crippen LogP contribution in [0, 0.1) is 41.4 Å². The van der Waals surface area contributed by atoms with Crippen LogP contribution in [0.3, 0.4) is 0 Å². The first-order chi connectivity index (χ1) is 22.1. The van der Waals surface area contributed by atoms with Gasteiger partial charge in [0.15, 0.2) is 0 Å². The number of carbonyl (C=O) groups is 1. The molecule has 6 N–H and O–H groups in total. The van der Waals surface area contributed by atoms with E-state index >= 15 is 0 Å². The van der Waals surface area contributed by atoms with Crippen LogP contribution in [0.25, 0.3) is 0 Å². The molecule has 0 aromatic carbocycles. The summed E-state index contributed by atoms with van der Waals surface area (Å²) in [5.74, 6) is 4.85. The first-order valence-electron chi connectivity index (χ1n) is 18.1. The number of cyclic esters (lactones) is 1. The van der Waals surface area contributed by atoms with E-state index in [0.717, 1.165) is 30.1 Å². The quantitative estimate of drug-likeness (QED) is 0.115. The fourth-order valence-electron chi connectivity index (χ4n) is 3.25. The number of ether oxygens (including phenoxy) is 1. The Bertz CT molecular complexity index is 836. The molecule has 3 heterocycles. The Morgan fingerprint density at radius 2 is 1.23 bits per heavy atom. The number of hydrogen-bond acceptors (Lipinski definition) is 9. The van der Waals surface area contributed by atoms with Gasteiger partial charge in [0.05, 0.1) is 11.2 Å². The van der Waals surface area contributed by atoms with E-state index in [1.807, 2.05) is 0 Å². The monoisotopic (exact) mass is 699 g/mol. The fourth-order valence-corrected chi connectivity index (χ4v) is 4.63. The molecule has 2 unspecified atom stereocenters. The van der Waals surface area contributed by atoms with Crippen molar-refractivity contribution in [3.63, 3.8) is 0 Å². The van der Waals surface area contributed by atoms with Crippen molar-refractivity contribution in [3.05, 3.63) is 48.3 Å². The molecule has 3 aliphatic rings. The van der Waals surface area contributed by atoms with Gasteiger partial charge in [0.25, 0.3) is 0 Å². The molecule has 48 heavy (non-hydrogen) atoms. The van der Waals surface area contributed by atoms with Crippen molar-refractivity contribution in [3.8, 4) is 0 Å². The average molecular weight is 699 g/mol. The van der Waals surface area contributed by atoms with Crippen molar-refractivity contribution in [1.82, 2.24) is 32.8 Å². The van der Waals surface area contributed by atoms with Gasteiger partial charge < -0.3 is 26.4 Å². The summed E-state index contributed by atoms with van der Waals surface area (Å²) < 4.78 is 5.09. The number of rotatable bonds is 7. The van der Waals surface area contributed by atoms with E-state index < -0.39 is 0 Å². The van der Waals surface area contributed by atoms with Crippen molar-refractivity contribution in [2.24, 2.45) is 41.4 Å². The molecule has 1 fully saturated rings. The Hall–Kier alpha value is -2.10. The van der Waals surface area contributed by atoms with E-state index in [4.69, 9.17) is 4.74 Å². The standard InChI is InChI=1S/C11H18O2S.C7H15N3.C7H14.3C4H10.C2H5N3/c1-6(2)9-10(14-7(3)4)8(5)13-11(9)12;1-5(2)4-7-6(3)8-10-9-7;1-4-5-6-7(2)3;3*1-4(2)3;1-2-4-5-3-1/h6-7,9-10H,5H2,1-4H3;5,8-10H,4H2,1-3H3;4-5,7H,6H2,1-3H3;3*4H,1-3H3;1-5H. The minimum absolute atomic E-state index is 0.0186. The predicted octanol–water partition coefficient (Wildman–Crippen LogP) is 10.4. The molecular weight excluding hydrogens is 617 g/mol. The summed E-state index contributed by atoms with van der Waals surface area (Å²) in [6.45, 7) is 44.6. The molecule has 3 rings (SSSR count). The highest BCUT2D eigenvalue weighted by Gasteiger charge is 2.42. The zero-order valence-electron chi connectivity index (χ0n) is 34.9. The van der Waals surface area contributed by atoms with Crippen molar-refractivity contribution in [2.75, 3.05) is 0 Å². The summed E-state index contributed by atoms with van der Waals surface area (Å²) in [6.07, 6.45) is 10.1. The topological polar surface area (TPSA) is 98.5 Å². The smallest absolute Gasteiger partial charge is 0.315 e. The second kappa shape index (κ2) is 33.4. The van der Waals surface area contributed by atoms with Crippen molar-refractivity contribution >= 4 is 17.7 Å². The highest BCUT2D eigenvalue weighted by Crippen LogP contribution is 2.39. The fraction of sp³-hybridized carbons (Fsp3) is 0.769. The van der Waals surface area contributed by atoms with Crippen LogP contribution >= 0.6 is 11.8 Å². The van der Waals surface area contributed by atoms with Gasteiger partial charge in [-0.15, -0.1) is 11.8 Å². The molecule has 0 bridgehead atoms. The summed E-state index contributed by atoms with van der Waals surface area (Å²) in [5, 5.41) is 0.634. The second-order valence-electron chi connectivity index (χ2n) is 15.5. The van der Waals surface area contributed by atoms with Crippen LogP contribution in [0.1, 0.15) is 144 Å². The van der Waals surface area contributed by atoms with E-state index in [0.29, 0.717) is 22.8 Å². The van der Waals surface area contributed by atoms with Crippen LogP contribution in [-0.2, 0) is 9.53 Å². The molecular formula is C39H82N6O2S. The zero-order chi connectivity index (χ0) is 38.4. The van der Waals surface area contributed by atoms with Gasteiger partial charge >= 0.3 is 5.97 Å². The third kappa shape index (κ3) is 40.1. The third-order valence-electron chi connectivity index (χ3n) is 5.05. The molecule has 286 valence electrons. The molecule has 0 aromatic heterocycles. The van der Waals surface area contributed by atoms with Gasteiger partial charge in [-0.1, -0.05) is 136 Å². The molecule has 0 aliphatic carbocycles. The SMILES string of the molecule is C1=CNNN1.C=C1OC(=O)C(C(C)C)C1SC(C)C.CC(C)C.CC(C)C.CC(C)C.CC1=C(CC(C)C)NNN1.CC=CCC(C)C. The van der Waals surface area contributed by atoms with Crippen LogP contribution in [0.4, 0.5) is 0 Å². The van der Waals surface area contributed by atoms with Gasteiger partial charge in [-0.2, -0.15) is 11.1 Å². The number of hydrogen-bond donors (Lipinski definition) is 6. The van der Waals surface area contributed by atoms with Gasteiger partial charge in [-0.25, -0.2) is 0 Å². The maximum atomic E-state index is 11.5. The van der Waals surface area contributed by atoms with Crippen LogP contribution in [0.2, 0.25) is 0 Å². The van der Waals surface area contributed by atoms with Crippen LogP contribution in [0.5, 0.6) is 0 Å². The Morgan fingerprint density at radius 1 is 0.771 bits per heavy atom. The minimum atomic E-state index is -0.108. The van der Waals surface area contributed by atoms with Gasteiger partial charge in [0, 0.05) is 23.8 Å². The van der Waals surface area contributed by atoms with Crippen molar-refractivity contribution in [2.45, 2.75) is 155 Å². The summed E-state index contributed by atoms with van der Waals surface area (Å²) in [6, 6.07) is 0. The normalized spacial score (nSPS) is 17.5. The molecule has 3 aliphatic heterocycles. The van der Waals surface area contributed by atoms with E-state index in [1.54, 1.807) is 24.2 Å². The Morgan fingerprint density at radius 3 is 1.48 bits per heavy atom. The van der Waals surface area contributed by atoms with Gasteiger partial charge in [0.1, 0.15) is 5.76 Å². The van der Waals surface area contributed by atoms with Crippen LogP contribution in [-0.4, -0.2) is 16.5 Å². The Balaban J connectivity index is -0.000000251. The lowest BCUT2D eigenvalue weighted by molar-refractivity contribution is -0.140. The average Bonchev–Trinajstić information content (AvgIpc) is 3.67. The first kappa shape index (κ1) is 52.7. The summed E-state index contributed by atoms with van der Waals surface area (Å²) in [7, 11) is 0. The van der Waals surface area contributed by atoms with Gasteiger partial charge in [-0.05, 0) is 67.4 Å². The second-order valence-corrected chi connectivity index (χ2v) is 17.2. The van der Waals surface area contributed by atoms with E-state index in [9.17, 15) is 4.79 Å². The molecule has 8 nitrogen and oxygen atoms in total. The number of thioether (sulfide) groups is 1. The lowest BCUT2D eigenvalue weighted by Crippen LogP contribution is -2.32. The summed E-state index contributed by atoms with van der Waals surface area (Å²) >= 11 is 1.76. The number of esters is 1. The molecule has 2 atom stereocenters. The lowest BCUT2D eigenvalue weighted by atomic mass is 9.94. The molecule has 0 aromatic rings. The zero-order valence-corrected chi connectivity index (χ0v) is 35.7. The Kier molecular flexibility index (Phi) is 36.7. The van der Waals surface area contributed by atoms with E-state index in [-0.39, 0.29) is 17.1 Å². The first-order valence-corrected chi connectivity index (χ1v) is 19.1. The highest BCUT2D eigenvalue weighted by atomic mass is 32.2. The van der Waals surface area contributed by atoms with Crippen LogP contribution in [0.15, 0.2) is 48.3 Å². The Labute approximate surface area is 303 Å². The van der Waals surface area contributed by atoms with Crippen LogP contribution < -0.4 is 32.8 Å². The minimum Gasteiger partial charge on any atom is -0.430 e. The predicted molar refractivity (Wildman–Crippen MR) is 216 cm³/mol. The lowest BCUT2D eigenvalue weighted by Gasteiger charge is -2.19. The number of hydrazine groups is 4. The highest BCUT2D eigenvalue weighted by molar-refractivity contribution is 8.00. The van der Waals surface area contributed by atoms with Crippen molar-refractivity contribution in [1.29, 1.82) is 0 Å². The third-order valence-corrected chi connectivity index (χ3v) is 6.44. The molecule has 1 saturated heterocycles. The summed E-state index contributed by atoms with van der Waals surface area (Å²) in [5.41, 5.74) is 19.4. The van der Waals surface area contributed by atoms with Gasteiger partial charge in [-0.3, -0.25) is 4.79 Å². The maximum absolute atomic E-state index is 11.5. The molecule has 0 saturated carbocycles. The molecule has 0 radical (unpaired) electrons. The molecule has 9 heteroatoms.